The number of aryl methyl sites for hydroxylation is 1. The van der Waals surface area contributed by atoms with Crippen LogP contribution in [0.4, 0.5) is 11.4 Å². The van der Waals surface area contributed by atoms with Crippen molar-refractivity contribution >= 4 is 17.3 Å². The molecule has 1 fully saturated rings. The molecule has 0 bridgehead atoms. The van der Waals surface area contributed by atoms with Gasteiger partial charge in [0, 0.05) is 19.6 Å². The third-order valence-electron chi connectivity index (χ3n) is 4.83. The zero-order valence-electron chi connectivity index (χ0n) is 16.3. The second-order valence-corrected chi connectivity index (χ2v) is 7.01. The lowest BCUT2D eigenvalue weighted by atomic mass is 10.1. The molecule has 1 heterocycles. The molecule has 2 aromatic carbocycles. The van der Waals surface area contributed by atoms with Gasteiger partial charge in [-0.15, -0.1) is 0 Å². The van der Waals surface area contributed by atoms with Crippen LogP contribution >= 0.6 is 0 Å². The highest BCUT2D eigenvalue weighted by Gasteiger charge is 2.16. The van der Waals surface area contributed by atoms with Crippen LogP contribution in [-0.4, -0.2) is 50.7 Å². The van der Waals surface area contributed by atoms with Crippen molar-refractivity contribution in [3.63, 3.8) is 0 Å². The Labute approximate surface area is 161 Å². The molecule has 0 radical (unpaired) electrons. The summed E-state index contributed by atoms with van der Waals surface area (Å²) in [5.74, 6) is 0.00314. The minimum atomic E-state index is 0.00314. The van der Waals surface area contributed by atoms with Gasteiger partial charge >= 0.3 is 0 Å². The van der Waals surface area contributed by atoms with Crippen LogP contribution in [0.5, 0.6) is 0 Å². The molecule has 1 aliphatic heterocycles. The summed E-state index contributed by atoms with van der Waals surface area (Å²) >= 11 is 0. The fourth-order valence-corrected chi connectivity index (χ4v) is 3.34. The van der Waals surface area contributed by atoms with E-state index in [9.17, 15) is 4.79 Å². The number of rotatable bonds is 7. The normalized spacial score (nSPS) is 14.4. The van der Waals surface area contributed by atoms with Gasteiger partial charge in [-0.25, -0.2) is 0 Å². The van der Waals surface area contributed by atoms with Crippen molar-refractivity contribution in [3.8, 4) is 0 Å². The van der Waals surface area contributed by atoms with Crippen LogP contribution in [-0.2, 0) is 22.5 Å². The Morgan fingerprint density at radius 2 is 1.74 bits per heavy atom. The Morgan fingerprint density at radius 3 is 2.44 bits per heavy atom. The maximum absolute atomic E-state index is 12.6. The molecule has 27 heavy (non-hydrogen) atoms. The first-order valence-corrected chi connectivity index (χ1v) is 9.63. The molecule has 0 spiro atoms. The highest BCUT2D eigenvalue weighted by molar-refractivity contribution is 5.95. The number of likely N-dealkylation sites (N-methyl/N-ethyl adjacent to an activating group) is 1. The van der Waals surface area contributed by atoms with E-state index in [0.29, 0.717) is 6.54 Å². The molecule has 1 amide bonds. The van der Waals surface area contributed by atoms with Crippen molar-refractivity contribution in [2.45, 2.75) is 19.9 Å². The van der Waals surface area contributed by atoms with Gasteiger partial charge in [0.2, 0.25) is 5.91 Å². The molecule has 5 nitrogen and oxygen atoms in total. The lowest BCUT2D eigenvalue weighted by molar-refractivity contribution is -0.117. The summed E-state index contributed by atoms with van der Waals surface area (Å²) in [6.07, 6.45) is 1.04. The number of carbonyl (C=O) groups excluding carboxylic acids is 1. The number of benzene rings is 2. The Hall–Kier alpha value is -2.37. The summed E-state index contributed by atoms with van der Waals surface area (Å²) in [4.78, 5) is 16.8. The lowest BCUT2D eigenvalue weighted by Gasteiger charge is -2.30. The Balaban J connectivity index is 1.57. The summed E-state index contributed by atoms with van der Waals surface area (Å²) in [6, 6.07) is 16.6. The average molecular weight is 367 g/mol. The monoisotopic (exact) mass is 367 g/mol. The summed E-state index contributed by atoms with van der Waals surface area (Å²) in [5.41, 5.74) is 4.48. The van der Waals surface area contributed by atoms with Crippen LogP contribution in [0.2, 0.25) is 0 Å². The molecule has 0 unspecified atom stereocenters. The zero-order chi connectivity index (χ0) is 19.1. The minimum Gasteiger partial charge on any atom is -0.378 e. The van der Waals surface area contributed by atoms with Gasteiger partial charge in [-0.2, -0.15) is 0 Å². The van der Waals surface area contributed by atoms with E-state index in [2.05, 4.69) is 47.5 Å². The fourth-order valence-electron chi connectivity index (χ4n) is 3.34. The minimum absolute atomic E-state index is 0.00314. The number of carbonyl (C=O) groups is 1. The van der Waals surface area contributed by atoms with Crippen LogP contribution in [0.15, 0.2) is 48.5 Å². The molecule has 0 aromatic heterocycles. The highest BCUT2D eigenvalue weighted by atomic mass is 16.5. The van der Waals surface area contributed by atoms with Gasteiger partial charge in [-0.05, 0) is 36.7 Å². The first-order chi connectivity index (χ1) is 13.2. The average Bonchev–Trinajstić information content (AvgIpc) is 2.69. The second-order valence-electron chi connectivity index (χ2n) is 7.01. The summed E-state index contributed by atoms with van der Waals surface area (Å²) in [6.45, 7) is 6.40. The van der Waals surface area contributed by atoms with Crippen molar-refractivity contribution in [2.24, 2.45) is 0 Å². The maximum Gasteiger partial charge on any atom is 0.238 e. The smallest absolute Gasteiger partial charge is 0.238 e. The van der Waals surface area contributed by atoms with E-state index in [1.54, 1.807) is 0 Å². The second kappa shape index (κ2) is 9.53. The molecule has 1 saturated heterocycles. The van der Waals surface area contributed by atoms with Crippen LogP contribution < -0.4 is 10.2 Å². The SMILES string of the molecule is CCc1ccc(CN(C)CC(=O)Nc2ccccc2N2CCOCC2)cc1. The van der Waals surface area contributed by atoms with E-state index >= 15 is 0 Å². The largest absolute Gasteiger partial charge is 0.378 e. The number of amides is 1. The Bertz CT molecular complexity index is 739. The third kappa shape index (κ3) is 5.55. The van der Waals surface area contributed by atoms with Crippen molar-refractivity contribution in [1.29, 1.82) is 0 Å². The van der Waals surface area contributed by atoms with Crippen molar-refractivity contribution in [2.75, 3.05) is 50.1 Å². The van der Waals surface area contributed by atoms with E-state index in [1.165, 1.54) is 11.1 Å². The van der Waals surface area contributed by atoms with Gasteiger partial charge in [0.05, 0.1) is 31.1 Å². The van der Waals surface area contributed by atoms with Crippen LogP contribution in [0.3, 0.4) is 0 Å². The molecule has 144 valence electrons. The molecular formula is C22H29N3O2. The van der Waals surface area contributed by atoms with Crippen molar-refractivity contribution in [1.82, 2.24) is 4.90 Å². The van der Waals surface area contributed by atoms with Crippen molar-refractivity contribution in [3.05, 3.63) is 59.7 Å². The number of anilines is 2. The molecule has 1 N–H and O–H groups in total. The summed E-state index contributed by atoms with van der Waals surface area (Å²) in [7, 11) is 1.97. The van der Waals surface area contributed by atoms with Gasteiger partial charge in [0.15, 0.2) is 0 Å². The Morgan fingerprint density at radius 1 is 1.07 bits per heavy atom. The zero-order valence-corrected chi connectivity index (χ0v) is 16.3. The number of nitrogens with one attached hydrogen (secondary N) is 1. The molecule has 0 atom stereocenters. The standard InChI is InChI=1S/C22H29N3O2/c1-3-18-8-10-19(11-9-18)16-24(2)17-22(26)23-20-6-4-5-7-21(20)25-12-14-27-15-13-25/h4-11H,3,12-17H2,1-2H3,(H,23,26). The van der Waals surface area contributed by atoms with Crippen LogP contribution in [0.25, 0.3) is 0 Å². The Kier molecular flexibility index (Phi) is 6.85. The van der Waals surface area contributed by atoms with Gasteiger partial charge in [0.25, 0.3) is 0 Å². The van der Waals surface area contributed by atoms with Gasteiger partial charge < -0.3 is 15.0 Å². The van der Waals surface area contributed by atoms with E-state index in [0.717, 1.165) is 50.6 Å². The first-order valence-electron chi connectivity index (χ1n) is 9.63. The van der Waals surface area contributed by atoms with E-state index < -0.39 is 0 Å². The number of para-hydroxylation sites is 2. The van der Waals surface area contributed by atoms with Gasteiger partial charge in [-0.3, -0.25) is 9.69 Å². The summed E-state index contributed by atoms with van der Waals surface area (Å²) in [5, 5.41) is 3.08. The highest BCUT2D eigenvalue weighted by Crippen LogP contribution is 2.26. The number of morpholine rings is 1. The third-order valence-corrected chi connectivity index (χ3v) is 4.83. The van der Waals surface area contributed by atoms with Gasteiger partial charge in [-0.1, -0.05) is 43.3 Å². The molecule has 5 heteroatoms. The number of hydrogen-bond acceptors (Lipinski definition) is 4. The number of hydrogen-bond donors (Lipinski definition) is 1. The van der Waals surface area contributed by atoms with E-state index in [-0.39, 0.29) is 5.91 Å². The molecular weight excluding hydrogens is 338 g/mol. The van der Waals surface area contributed by atoms with E-state index in [1.807, 2.05) is 30.1 Å². The van der Waals surface area contributed by atoms with Crippen molar-refractivity contribution < 1.29 is 9.53 Å². The molecule has 0 saturated carbocycles. The lowest BCUT2D eigenvalue weighted by Crippen LogP contribution is -2.37. The molecule has 1 aliphatic rings. The van der Waals surface area contributed by atoms with Crippen LogP contribution in [0.1, 0.15) is 18.1 Å². The quantitative estimate of drug-likeness (QED) is 0.817. The number of ether oxygens (including phenoxy) is 1. The summed E-state index contributed by atoms with van der Waals surface area (Å²) < 4.78 is 5.43. The topological polar surface area (TPSA) is 44.8 Å². The number of nitrogens with zero attached hydrogens (tertiary/aromatic N) is 2. The maximum atomic E-state index is 12.6. The first kappa shape index (κ1) is 19.4. The van der Waals surface area contributed by atoms with Crippen LogP contribution in [0, 0.1) is 0 Å². The van der Waals surface area contributed by atoms with E-state index in [4.69, 9.17) is 4.74 Å². The van der Waals surface area contributed by atoms with Gasteiger partial charge in [0.1, 0.15) is 0 Å². The molecule has 3 rings (SSSR count). The predicted molar refractivity (Wildman–Crippen MR) is 110 cm³/mol. The molecule has 2 aromatic rings. The predicted octanol–water partition coefficient (Wildman–Crippen LogP) is 3.16. The fraction of sp³-hybridized carbons (Fsp3) is 0.409. The molecule has 0 aliphatic carbocycles.